The number of benzene rings is 5. The van der Waals surface area contributed by atoms with E-state index in [-0.39, 0.29) is 37.3 Å². The molecule has 59 heavy (non-hydrogen) atoms. The Balaban J connectivity index is 0.00000528. The molecule has 0 radical (unpaired) electrons. The smallest absolute Gasteiger partial charge is 0.482 e. The van der Waals surface area contributed by atoms with Crippen molar-refractivity contribution in [3.8, 4) is 50.7 Å². The van der Waals surface area contributed by atoms with E-state index >= 15 is 0 Å². The standard InChI is InChI=1S/C53H51N5.Pt/c1-51(2,3)39-24-18-23-37(29-39)44-30-38(35-19-12-10-13-20-35)31-48(54-44)57-49-34-41(53(7,8)9)33-45(55-49)50-56-43-25-16-17-26-47(43)58(50)46-28-27-40(52(4,5)6)32-42(46)36-21-14-11-15-22-36;/h10-22,24-34H,1-9H3;/q-2;+2. The molecule has 8 rings (SSSR count). The predicted molar refractivity (Wildman–Crippen MR) is 241 cm³/mol. The Morgan fingerprint density at radius 2 is 1.19 bits per heavy atom. The molecule has 6 heteroatoms. The molecule has 0 N–H and O–H groups in total. The van der Waals surface area contributed by atoms with E-state index in [0.29, 0.717) is 11.3 Å². The van der Waals surface area contributed by atoms with Crippen molar-refractivity contribution in [2.45, 2.75) is 78.6 Å². The van der Waals surface area contributed by atoms with Crippen LogP contribution in [-0.4, -0.2) is 14.5 Å². The molecule has 0 aliphatic heterocycles. The van der Waals surface area contributed by atoms with E-state index in [1.54, 1.807) is 0 Å². The first kappa shape index (κ1) is 41.5. The van der Waals surface area contributed by atoms with Crippen LogP contribution in [-0.2, 0) is 37.3 Å². The quantitative estimate of drug-likeness (QED) is 0.156. The summed E-state index contributed by atoms with van der Waals surface area (Å²) in [6.45, 7) is 20.1. The molecular formula is C53H51N5Pt. The summed E-state index contributed by atoms with van der Waals surface area (Å²) < 4.78 is 2.27. The van der Waals surface area contributed by atoms with Crippen molar-refractivity contribution in [1.82, 2.24) is 19.5 Å². The fourth-order valence-electron chi connectivity index (χ4n) is 7.32. The van der Waals surface area contributed by atoms with Gasteiger partial charge in [-0.05, 0) is 80.5 Å². The largest absolute Gasteiger partial charge is 2.00 e. The third-order valence-electron chi connectivity index (χ3n) is 10.7. The zero-order valence-electron chi connectivity index (χ0n) is 35.4. The first-order valence-corrected chi connectivity index (χ1v) is 20.1. The van der Waals surface area contributed by atoms with Gasteiger partial charge in [-0.2, -0.15) is 0 Å². The number of aromatic nitrogens is 4. The molecule has 5 nitrogen and oxygen atoms in total. The number of imidazole rings is 1. The van der Waals surface area contributed by atoms with Gasteiger partial charge in [0, 0.05) is 5.56 Å². The van der Waals surface area contributed by atoms with Crippen LogP contribution in [0, 0.1) is 6.07 Å². The van der Waals surface area contributed by atoms with Gasteiger partial charge in [0.25, 0.3) is 0 Å². The first-order chi connectivity index (χ1) is 27.6. The Bertz CT molecular complexity index is 2830. The van der Waals surface area contributed by atoms with Crippen LogP contribution >= 0.6 is 0 Å². The Hall–Kier alpha value is -5.64. The summed E-state index contributed by atoms with van der Waals surface area (Å²) >= 11 is 0. The molecule has 0 aliphatic rings. The fourth-order valence-corrected chi connectivity index (χ4v) is 7.32. The molecule has 0 bridgehead atoms. The summed E-state index contributed by atoms with van der Waals surface area (Å²) in [5.74, 6) is 1.33. The summed E-state index contributed by atoms with van der Waals surface area (Å²) in [4.78, 5) is 21.0. The molecule has 3 heterocycles. The van der Waals surface area contributed by atoms with E-state index in [1.807, 2.05) is 18.2 Å². The van der Waals surface area contributed by atoms with Crippen molar-refractivity contribution in [3.05, 3.63) is 174 Å². The molecule has 0 fully saturated rings. The minimum Gasteiger partial charge on any atom is -0.482 e. The monoisotopic (exact) mass is 952 g/mol. The zero-order valence-corrected chi connectivity index (χ0v) is 37.7. The normalized spacial score (nSPS) is 12.5. The molecule has 5 aromatic carbocycles. The van der Waals surface area contributed by atoms with E-state index < -0.39 is 0 Å². The Morgan fingerprint density at radius 1 is 0.559 bits per heavy atom. The van der Waals surface area contributed by atoms with Crippen LogP contribution in [0.3, 0.4) is 0 Å². The average molecular weight is 953 g/mol. The Kier molecular flexibility index (Phi) is 11.4. The topological polar surface area (TPSA) is 57.2 Å². The Morgan fingerprint density at radius 3 is 1.86 bits per heavy atom. The maximum atomic E-state index is 5.31. The third kappa shape index (κ3) is 8.87. The minimum absolute atomic E-state index is 0. The van der Waals surface area contributed by atoms with Gasteiger partial charge in [0.05, 0.1) is 22.5 Å². The molecule has 0 saturated carbocycles. The zero-order chi connectivity index (χ0) is 40.8. The second kappa shape index (κ2) is 16.2. The number of para-hydroxylation sites is 2. The predicted octanol–water partition coefficient (Wildman–Crippen LogP) is 13.0. The van der Waals surface area contributed by atoms with Crippen LogP contribution in [0.15, 0.2) is 151 Å². The summed E-state index contributed by atoms with van der Waals surface area (Å²) in [5.41, 5.74) is 13.8. The number of fused-ring (bicyclic) bond motifs is 1. The number of hydrogen-bond acceptors (Lipinski definition) is 3. The summed E-state index contributed by atoms with van der Waals surface area (Å²) in [5, 5.41) is 0. The van der Waals surface area contributed by atoms with Crippen LogP contribution < -0.4 is 10.5 Å². The molecule has 0 amide bonds. The van der Waals surface area contributed by atoms with Gasteiger partial charge < -0.3 is 9.98 Å². The van der Waals surface area contributed by atoms with Gasteiger partial charge in [-0.3, -0.25) is 4.57 Å². The molecule has 0 saturated heterocycles. The van der Waals surface area contributed by atoms with E-state index in [4.69, 9.17) is 19.9 Å². The van der Waals surface area contributed by atoms with Crippen LogP contribution in [0.2, 0.25) is 0 Å². The van der Waals surface area contributed by atoms with Crippen molar-refractivity contribution in [1.29, 1.82) is 0 Å². The second-order valence-electron chi connectivity index (χ2n) is 18.3. The van der Waals surface area contributed by atoms with Crippen molar-refractivity contribution in [3.63, 3.8) is 0 Å². The average Bonchev–Trinajstić information content (AvgIpc) is 3.60. The number of nitrogens with zero attached hydrogens (tertiary/aromatic N) is 5. The molecular weight excluding hydrogens is 902 g/mol. The number of hydrogen-bond donors (Lipinski definition) is 0. The molecule has 0 unspecified atom stereocenters. The minimum atomic E-state index is -0.199. The van der Waals surface area contributed by atoms with Gasteiger partial charge in [-0.1, -0.05) is 159 Å². The molecule has 3 aromatic heterocycles. The van der Waals surface area contributed by atoms with E-state index in [9.17, 15) is 0 Å². The van der Waals surface area contributed by atoms with Gasteiger partial charge in [-0.25, -0.2) is 9.97 Å². The van der Waals surface area contributed by atoms with Gasteiger partial charge in [0.15, 0.2) is 5.82 Å². The number of rotatable bonds is 6. The van der Waals surface area contributed by atoms with Gasteiger partial charge in [0.2, 0.25) is 0 Å². The summed E-state index contributed by atoms with van der Waals surface area (Å²) in [7, 11) is 0. The molecule has 8 aromatic rings. The third-order valence-corrected chi connectivity index (χ3v) is 10.7. The van der Waals surface area contributed by atoms with E-state index in [2.05, 4.69) is 200 Å². The van der Waals surface area contributed by atoms with Crippen molar-refractivity contribution < 1.29 is 21.1 Å². The first-order valence-electron chi connectivity index (χ1n) is 20.1. The van der Waals surface area contributed by atoms with Crippen LogP contribution in [0.1, 0.15) is 79.0 Å². The van der Waals surface area contributed by atoms with Gasteiger partial charge in [0.1, 0.15) is 5.69 Å². The maximum Gasteiger partial charge on any atom is 2.00 e. The second-order valence-corrected chi connectivity index (χ2v) is 18.3. The SMILES string of the molecule is CC(C)(C)c1cc[c-]c(-c2cc(-c3ccccc3)c/c(=N/c3cc(C(C)(C)C)cc(-c4nc5ccccc5n4-c4ccc(C(C)(C)C)cc4-c4ccccc4)n3)[n-]2)c1.[Pt+2]. The van der Waals surface area contributed by atoms with Gasteiger partial charge in [-0.15, -0.1) is 41.1 Å². The van der Waals surface area contributed by atoms with Crippen molar-refractivity contribution in [2.24, 2.45) is 4.99 Å². The molecule has 298 valence electrons. The summed E-state index contributed by atoms with van der Waals surface area (Å²) in [6, 6.07) is 54.4. The van der Waals surface area contributed by atoms with Crippen molar-refractivity contribution >= 4 is 16.9 Å². The van der Waals surface area contributed by atoms with Crippen molar-refractivity contribution in [2.75, 3.05) is 0 Å². The van der Waals surface area contributed by atoms with E-state index in [0.717, 1.165) is 67.3 Å². The van der Waals surface area contributed by atoms with Crippen LogP contribution in [0.5, 0.6) is 0 Å². The van der Waals surface area contributed by atoms with Crippen LogP contribution in [0.4, 0.5) is 5.82 Å². The fraction of sp³-hybridized carbons (Fsp3) is 0.226. The van der Waals surface area contributed by atoms with E-state index in [1.165, 1.54) is 11.1 Å². The molecule has 0 spiro atoms. The summed E-state index contributed by atoms with van der Waals surface area (Å²) in [6.07, 6.45) is 0. The van der Waals surface area contributed by atoms with Gasteiger partial charge >= 0.3 is 21.1 Å². The van der Waals surface area contributed by atoms with Crippen LogP contribution in [0.25, 0.3) is 61.8 Å². The number of pyridine rings is 2. The molecule has 0 aliphatic carbocycles. The Labute approximate surface area is 363 Å². The molecule has 0 atom stereocenters. The maximum absolute atomic E-state index is 5.31.